The van der Waals surface area contributed by atoms with E-state index in [0.717, 1.165) is 4.68 Å². The molecule has 26 heavy (non-hydrogen) atoms. The predicted octanol–water partition coefficient (Wildman–Crippen LogP) is 2.19. The average Bonchev–Trinajstić information content (AvgIpc) is 3.22. The van der Waals surface area contributed by atoms with Crippen LogP contribution in [0.5, 0.6) is 0 Å². The maximum Gasteiger partial charge on any atom is 0.491 e. The molecule has 136 valence electrons. The number of hydrogen-bond acceptors (Lipinski definition) is 6. The number of aromatic nitrogens is 5. The minimum atomic E-state index is -5.26. The number of nitrogens with zero attached hydrogens (tertiary/aromatic N) is 4. The molecule has 0 unspecified atom stereocenters. The molecule has 0 bridgehead atoms. The molecule has 0 aromatic carbocycles. The quantitative estimate of drug-likeness (QED) is 0.562. The van der Waals surface area contributed by atoms with Gasteiger partial charge in [0, 0.05) is 23.3 Å². The molecular weight excluding hydrogens is 355 g/mol. The first-order valence-corrected chi connectivity index (χ1v) is 7.28. The van der Waals surface area contributed by atoms with Crippen LogP contribution in [-0.2, 0) is 19.9 Å². The minimum absolute atomic E-state index is 0.514. The molecule has 1 N–H and O–H groups in total. The summed E-state index contributed by atoms with van der Waals surface area (Å²) in [6.07, 6.45) is 0.579. The highest BCUT2D eigenvalue weighted by molar-refractivity contribution is 5.92. The molecule has 0 fully saturated rings. The Kier molecular flexibility index (Phi) is 4.01. The summed E-state index contributed by atoms with van der Waals surface area (Å²) < 4.78 is 41.8. The Hall–Kier alpha value is -3.24. The maximum absolute atomic E-state index is 12.3. The number of nitrogens with one attached hydrogen (secondary N) is 1. The van der Waals surface area contributed by atoms with Gasteiger partial charge in [0.05, 0.1) is 11.9 Å². The van der Waals surface area contributed by atoms with Gasteiger partial charge in [0.1, 0.15) is 12.0 Å². The summed E-state index contributed by atoms with van der Waals surface area (Å²) >= 11 is 0. The lowest BCUT2D eigenvalue weighted by molar-refractivity contribution is -0.204. The lowest BCUT2D eigenvalue weighted by Gasteiger charge is -2.22. The monoisotopic (exact) mass is 367 g/mol. The number of fused-ring (bicyclic) bond motifs is 1. The smallest absolute Gasteiger partial charge is 0.385 e. The summed E-state index contributed by atoms with van der Waals surface area (Å²) in [6.45, 7) is 2.56. The summed E-state index contributed by atoms with van der Waals surface area (Å²) in [4.78, 5) is 34.0. The standard InChI is InChI=1S/C15H12F3N5O3/c1-14(2,12(24)26-13(25)15(16,17)18)23-6-8(5-22-23)10-9-3-4-19-11(9)21-7-20-10/h3-7H,1-2H3,(H,19,20,21). The number of alkyl halides is 3. The lowest BCUT2D eigenvalue weighted by Crippen LogP contribution is -2.41. The molecule has 0 saturated heterocycles. The zero-order valence-corrected chi connectivity index (χ0v) is 13.5. The summed E-state index contributed by atoms with van der Waals surface area (Å²) in [5, 5.41) is 4.71. The van der Waals surface area contributed by atoms with Crippen LogP contribution in [0.2, 0.25) is 0 Å². The Balaban J connectivity index is 1.90. The maximum atomic E-state index is 12.3. The van der Waals surface area contributed by atoms with Crippen LogP contribution in [0.4, 0.5) is 13.2 Å². The number of halogens is 3. The van der Waals surface area contributed by atoms with E-state index in [0.29, 0.717) is 22.3 Å². The van der Waals surface area contributed by atoms with Crippen LogP contribution in [0.25, 0.3) is 22.3 Å². The number of carbonyl (C=O) groups is 2. The molecule has 0 saturated carbocycles. The summed E-state index contributed by atoms with van der Waals surface area (Å²) in [6, 6.07) is 1.75. The van der Waals surface area contributed by atoms with Crippen LogP contribution < -0.4 is 0 Å². The fraction of sp³-hybridized carbons (Fsp3) is 0.267. The number of rotatable bonds is 3. The zero-order valence-electron chi connectivity index (χ0n) is 13.5. The zero-order chi connectivity index (χ0) is 19.1. The molecule has 0 spiro atoms. The van der Waals surface area contributed by atoms with Gasteiger partial charge in [-0.25, -0.2) is 19.6 Å². The van der Waals surface area contributed by atoms with Gasteiger partial charge in [0.15, 0.2) is 5.54 Å². The number of H-pyrrole nitrogens is 1. The van der Waals surface area contributed by atoms with Crippen LogP contribution in [-0.4, -0.2) is 42.8 Å². The second-order valence-electron chi connectivity index (χ2n) is 5.87. The molecule has 3 aromatic rings. The summed E-state index contributed by atoms with van der Waals surface area (Å²) in [7, 11) is 0. The van der Waals surface area contributed by atoms with Crippen molar-refractivity contribution in [2.24, 2.45) is 0 Å². The Morgan fingerprint density at radius 1 is 1.19 bits per heavy atom. The van der Waals surface area contributed by atoms with Crippen molar-refractivity contribution in [3.8, 4) is 11.3 Å². The number of hydrogen-bond donors (Lipinski definition) is 1. The van der Waals surface area contributed by atoms with Gasteiger partial charge < -0.3 is 9.72 Å². The third-order valence-electron chi connectivity index (χ3n) is 3.70. The number of aromatic amines is 1. The normalized spacial score (nSPS) is 12.3. The first kappa shape index (κ1) is 17.6. The second kappa shape index (κ2) is 5.93. The van der Waals surface area contributed by atoms with E-state index in [1.807, 2.05) is 0 Å². The van der Waals surface area contributed by atoms with Crippen molar-refractivity contribution in [3.63, 3.8) is 0 Å². The molecule has 0 aliphatic carbocycles. The predicted molar refractivity (Wildman–Crippen MR) is 81.6 cm³/mol. The molecule has 0 atom stereocenters. The van der Waals surface area contributed by atoms with Crippen LogP contribution >= 0.6 is 0 Å². The Morgan fingerprint density at radius 3 is 2.62 bits per heavy atom. The van der Waals surface area contributed by atoms with Crippen molar-refractivity contribution in [2.75, 3.05) is 0 Å². The largest absolute Gasteiger partial charge is 0.491 e. The van der Waals surface area contributed by atoms with Crippen LogP contribution in [0.15, 0.2) is 31.0 Å². The first-order chi connectivity index (χ1) is 12.1. The highest BCUT2D eigenvalue weighted by Gasteiger charge is 2.45. The average molecular weight is 367 g/mol. The minimum Gasteiger partial charge on any atom is -0.385 e. The fourth-order valence-electron chi connectivity index (χ4n) is 2.21. The molecule has 0 aliphatic rings. The molecule has 0 radical (unpaired) electrons. The van der Waals surface area contributed by atoms with E-state index in [1.54, 1.807) is 12.3 Å². The Morgan fingerprint density at radius 2 is 1.92 bits per heavy atom. The first-order valence-electron chi connectivity index (χ1n) is 7.28. The van der Waals surface area contributed by atoms with Gasteiger partial charge in [-0.2, -0.15) is 18.3 Å². The Labute approximate surface area is 144 Å². The number of carbonyl (C=O) groups excluding carboxylic acids is 2. The molecule has 11 heteroatoms. The van der Waals surface area contributed by atoms with Gasteiger partial charge in [0.2, 0.25) is 0 Å². The molecular formula is C15H12F3N5O3. The van der Waals surface area contributed by atoms with Crippen molar-refractivity contribution in [3.05, 3.63) is 31.0 Å². The molecule has 3 aromatic heterocycles. The van der Waals surface area contributed by atoms with Gasteiger partial charge in [-0.1, -0.05) is 0 Å². The van der Waals surface area contributed by atoms with Gasteiger partial charge in [-0.05, 0) is 19.9 Å². The molecule has 8 nitrogen and oxygen atoms in total. The third-order valence-corrected chi connectivity index (χ3v) is 3.70. The van der Waals surface area contributed by atoms with E-state index >= 15 is 0 Å². The van der Waals surface area contributed by atoms with E-state index in [1.165, 1.54) is 32.6 Å². The van der Waals surface area contributed by atoms with Crippen molar-refractivity contribution < 1.29 is 27.5 Å². The third kappa shape index (κ3) is 3.03. The van der Waals surface area contributed by atoms with E-state index in [4.69, 9.17) is 0 Å². The topological polar surface area (TPSA) is 103 Å². The van der Waals surface area contributed by atoms with E-state index in [-0.39, 0.29) is 0 Å². The van der Waals surface area contributed by atoms with Gasteiger partial charge in [-0.3, -0.25) is 4.68 Å². The highest BCUT2D eigenvalue weighted by atomic mass is 19.4. The SMILES string of the molecule is CC(C)(C(=O)OC(=O)C(F)(F)F)n1cc(-c2ncnc3[nH]ccc23)cn1. The van der Waals surface area contributed by atoms with Gasteiger partial charge in [-0.15, -0.1) is 0 Å². The van der Waals surface area contributed by atoms with Crippen LogP contribution in [0.1, 0.15) is 13.8 Å². The lowest BCUT2D eigenvalue weighted by atomic mass is 10.1. The van der Waals surface area contributed by atoms with Crippen molar-refractivity contribution in [1.82, 2.24) is 24.7 Å². The van der Waals surface area contributed by atoms with E-state index in [2.05, 4.69) is 24.8 Å². The Bertz CT molecular complexity index is 990. The second-order valence-corrected chi connectivity index (χ2v) is 5.87. The van der Waals surface area contributed by atoms with Crippen LogP contribution in [0.3, 0.4) is 0 Å². The van der Waals surface area contributed by atoms with Crippen molar-refractivity contribution in [1.29, 1.82) is 0 Å². The highest BCUT2D eigenvalue weighted by Crippen LogP contribution is 2.27. The van der Waals surface area contributed by atoms with Crippen LogP contribution in [0, 0.1) is 0 Å². The molecule has 0 amide bonds. The van der Waals surface area contributed by atoms with Crippen molar-refractivity contribution >= 4 is 23.0 Å². The van der Waals surface area contributed by atoms with E-state index in [9.17, 15) is 22.8 Å². The summed E-state index contributed by atoms with van der Waals surface area (Å²) in [5.41, 5.74) is -0.0149. The number of ether oxygens (including phenoxy) is 1. The number of esters is 2. The molecule has 0 aliphatic heterocycles. The molecule has 3 heterocycles. The van der Waals surface area contributed by atoms with Gasteiger partial charge >= 0.3 is 18.1 Å². The summed E-state index contributed by atoms with van der Waals surface area (Å²) in [5.74, 6) is -3.96. The molecule has 3 rings (SSSR count). The fourth-order valence-corrected chi connectivity index (χ4v) is 2.21. The van der Waals surface area contributed by atoms with Crippen molar-refractivity contribution in [2.45, 2.75) is 25.6 Å². The van der Waals surface area contributed by atoms with E-state index < -0.39 is 23.7 Å². The van der Waals surface area contributed by atoms with Gasteiger partial charge in [0.25, 0.3) is 0 Å².